The molecule has 76 valence electrons. The van der Waals surface area contributed by atoms with Crippen molar-refractivity contribution in [3.8, 4) is 0 Å². The van der Waals surface area contributed by atoms with Gasteiger partial charge in [0.15, 0.2) is 0 Å². The van der Waals surface area contributed by atoms with E-state index in [0.29, 0.717) is 5.15 Å². The summed E-state index contributed by atoms with van der Waals surface area (Å²) in [6.07, 6.45) is 4.13. The summed E-state index contributed by atoms with van der Waals surface area (Å²) in [6, 6.07) is 2.01. The van der Waals surface area contributed by atoms with E-state index in [1.54, 1.807) is 0 Å². The monoisotopic (exact) mass is 210 g/mol. The van der Waals surface area contributed by atoms with Gasteiger partial charge in [0, 0.05) is 19.3 Å². The number of hydrogen-bond donors (Lipinski definition) is 0. The van der Waals surface area contributed by atoms with Crippen LogP contribution in [0.3, 0.4) is 0 Å². The van der Waals surface area contributed by atoms with Gasteiger partial charge >= 0.3 is 0 Å². The number of hydrogen-bond acceptors (Lipinski definition) is 2. The third-order valence-corrected chi connectivity index (χ3v) is 3.10. The van der Waals surface area contributed by atoms with Crippen LogP contribution in [0.4, 0.5) is 0 Å². The van der Waals surface area contributed by atoms with Crippen molar-refractivity contribution in [2.45, 2.75) is 19.8 Å². The number of likely N-dealkylation sites (N-methyl/N-ethyl adjacent to an activating group) is 1. The highest BCUT2D eigenvalue weighted by atomic mass is 35.5. The molecule has 0 N–H and O–H groups in total. The maximum absolute atomic E-state index is 5.88. The van der Waals surface area contributed by atoms with Crippen molar-refractivity contribution in [3.63, 3.8) is 0 Å². The van der Waals surface area contributed by atoms with E-state index in [-0.39, 0.29) is 0 Å². The molecular formula is C11H15ClN2. The zero-order valence-corrected chi connectivity index (χ0v) is 9.22. The minimum absolute atomic E-state index is 0.619. The number of aromatic nitrogens is 1. The Morgan fingerprint density at radius 1 is 1.36 bits per heavy atom. The summed E-state index contributed by atoms with van der Waals surface area (Å²) in [5, 5.41) is 0.619. The van der Waals surface area contributed by atoms with E-state index >= 15 is 0 Å². The lowest BCUT2D eigenvalue weighted by molar-refractivity contribution is 0.303. The molecule has 0 saturated heterocycles. The Balaban J connectivity index is 2.21. The van der Waals surface area contributed by atoms with Crippen LogP contribution in [-0.2, 0) is 12.8 Å². The van der Waals surface area contributed by atoms with E-state index < -0.39 is 0 Å². The molecule has 0 aromatic carbocycles. The van der Waals surface area contributed by atoms with Crippen molar-refractivity contribution < 1.29 is 0 Å². The van der Waals surface area contributed by atoms with E-state index in [4.69, 9.17) is 11.6 Å². The minimum atomic E-state index is 0.619. The second-order valence-electron chi connectivity index (χ2n) is 3.71. The van der Waals surface area contributed by atoms with Gasteiger partial charge in [0.05, 0.1) is 0 Å². The lowest BCUT2D eigenvalue weighted by Crippen LogP contribution is -2.25. The molecule has 0 saturated carbocycles. The Labute approximate surface area is 89.9 Å². The molecule has 2 nitrogen and oxygen atoms in total. The Kier molecular flexibility index (Phi) is 3.04. The molecule has 0 atom stereocenters. The SMILES string of the molecule is CCN1CCc2cnc(Cl)cc2CC1. The van der Waals surface area contributed by atoms with E-state index in [0.717, 1.165) is 32.5 Å². The van der Waals surface area contributed by atoms with Crippen LogP contribution in [0, 0.1) is 0 Å². The normalized spacial score (nSPS) is 17.6. The number of fused-ring (bicyclic) bond motifs is 1. The van der Waals surface area contributed by atoms with E-state index in [1.807, 2.05) is 12.3 Å². The topological polar surface area (TPSA) is 16.1 Å². The molecule has 0 fully saturated rings. The van der Waals surface area contributed by atoms with Gasteiger partial charge in [-0.3, -0.25) is 0 Å². The van der Waals surface area contributed by atoms with E-state index in [9.17, 15) is 0 Å². The van der Waals surface area contributed by atoms with Gasteiger partial charge in [-0.2, -0.15) is 0 Å². The lowest BCUT2D eigenvalue weighted by Gasteiger charge is -2.16. The number of pyridine rings is 1. The molecule has 1 aromatic rings. The van der Waals surface area contributed by atoms with Crippen LogP contribution in [0.2, 0.25) is 5.15 Å². The second kappa shape index (κ2) is 4.28. The predicted molar refractivity (Wildman–Crippen MR) is 58.8 cm³/mol. The largest absolute Gasteiger partial charge is 0.303 e. The molecule has 0 bridgehead atoms. The smallest absolute Gasteiger partial charge is 0.129 e. The first kappa shape index (κ1) is 9.94. The Bertz CT molecular complexity index is 325. The molecular weight excluding hydrogens is 196 g/mol. The summed E-state index contributed by atoms with van der Waals surface area (Å²) >= 11 is 5.88. The standard InChI is InChI=1S/C11H15ClN2/c1-2-14-5-3-9-7-11(12)13-8-10(9)4-6-14/h7-8H,2-6H2,1H3. The molecule has 2 heterocycles. The Morgan fingerprint density at radius 3 is 2.79 bits per heavy atom. The average molecular weight is 211 g/mol. The Morgan fingerprint density at radius 2 is 2.07 bits per heavy atom. The first-order valence-corrected chi connectivity index (χ1v) is 5.53. The molecule has 1 aromatic heterocycles. The molecule has 14 heavy (non-hydrogen) atoms. The van der Waals surface area contributed by atoms with Crippen LogP contribution >= 0.6 is 11.6 Å². The molecule has 3 heteroatoms. The third kappa shape index (κ3) is 2.07. The fraction of sp³-hybridized carbons (Fsp3) is 0.545. The number of halogens is 1. The van der Waals surface area contributed by atoms with Crippen molar-refractivity contribution in [1.29, 1.82) is 0 Å². The van der Waals surface area contributed by atoms with Crippen molar-refractivity contribution in [3.05, 3.63) is 28.5 Å². The zero-order valence-electron chi connectivity index (χ0n) is 8.46. The molecule has 1 aliphatic rings. The molecule has 0 radical (unpaired) electrons. The second-order valence-corrected chi connectivity index (χ2v) is 4.10. The van der Waals surface area contributed by atoms with Crippen molar-refractivity contribution >= 4 is 11.6 Å². The lowest BCUT2D eigenvalue weighted by atomic mass is 10.1. The van der Waals surface area contributed by atoms with Crippen molar-refractivity contribution in [2.24, 2.45) is 0 Å². The van der Waals surface area contributed by atoms with Crippen LogP contribution in [0.5, 0.6) is 0 Å². The number of nitrogens with zero attached hydrogens (tertiary/aromatic N) is 2. The average Bonchev–Trinajstić information content (AvgIpc) is 2.39. The molecule has 1 aliphatic heterocycles. The molecule has 0 unspecified atom stereocenters. The van der Waals surface area contributed by atoms with Gasteiger partial charge < -0.3 is 4.90 Å². The van der Waals surface area contributed by atoms with Crippen LogP contribution < -0.4 is 0 Å². The maximum Gasteiger partial charge on any atom is 0.129 e. The highest BCUT2D eigenvalue weighted by Crippen LogP contribution is 2.17. The Hall–Kier alpha value is -0.600. The first-order valence-electron chi connectivity index (χ1n) is 5.15. The van der Waals surface area contributed by atoms with Crippen molar-refractivity contribution in [1.82, 2.24) is 9.88 Å². The summed E-state index contributed by atoms with van der Waals surface area (Å²) in [5.74, 6) is 0. The number of rotatable bonds is 1. The molecule has 0 aliphatic carbocycles. The molecule has 0 spiro atoms. The third-order valence-electron chi connectivity index (χ3n) is 2.89. The van der Waals surface area contributed by atoms with Gasteiger partial charge in [-0.1, -0.05) is 18.5 Å². The van der Waals surface area contributed by atoms with E-state index in [2.05, 4.69) is 16.8 Å². The van der Waals surface area contributed by atoms with Gasteiger partial charge in [0.25, 0.3) is 0 Å². The van der Waals surface area contributed by atoms with Crippen molar-refractivity contribution in [2.75, 3.05) is 19.6 Å². The van der Waals surface area contributed by atoms with Gasteiger partial charge in [0.1, 0.15) is 5.15 Å². The summed E-state index contributed by atoms with van der Waals surface area (Å²) in [4.78, 5) is 6.60. The summed E-state index contributed by atoms with van der Waals surface area (Å²) in [5.41, 5.74) is 2.74. The predicted octanol–water partition coefficient (Wildman–Crippen LogP) is 2.16. The maximum atomic E-state index is 5.88. The van der Waals surface area contributed by atoms with Crippen LogP contribution in [0.15, 0.2) is 12.3 Å². The quantitative estimate of drug-likeness (QED) is 0.661. The minimum Gasteiger partial charge on any atom is -0.303 e. The summed E-state index contributed by atoms with van der Waals surface area (Å²) < 4.78 is 0. The zero-order chi connectivity index (χ0) is 9.97. The summed E-state index contributed by atoms with van der Waals surface area (Å²) in [6.45, 7) is 5.63. The summed E-state index contributed by atoms with van der Waals surface area (Å²) in [7, 11) is 0. The van der Waals surface area contributed by atoms with Gasteiger partial charge in [-0.05, 0) is 36.6 Å². The highest BCUT2D eigenvalue weighted by molar-refractivity contribution is 6.29. The first-order chi connectivity index (χ1) is 6.79. The van der Waals surface area contributed by atoms with Gasteiger partial charge in [-0.25, -0.2) is 4.98 Å². The fourth-order valence-electron chi connectivity index (χ4n) is 1.94. The highest BCUT2D eigenvalue weighted by Gasteiger charge is 2.12. The van der Waals surface area contributed by atoms with Crippen LogP contribution in [-0.4, -0.2) is 29.5 Å². The molecule has 2 rings (SSSR count). The van der Waals surface area contributed by atoms with Crippen LogP contribution in [0.25, 0.3) is 0 Å². The van der Waals surface area contributed by atoms with Gasteiger partial charge in [-0.15, -0.1) is 0 Å². The molecule has 0 amide bonds. The van der Waals surface area contributed by atoms with Gasteiger partial charge in [0.2, 0.25) is 0 Å². The van der Waals surface area contributed by atoms with Crippen LogP contribution in [0.1, 0.15) is 18.1 Å². The van der Waals surface area contributed by atoms with E-state index in [1.165, 1.54) is 11.1 Å². The fourth-order valence-corrected chi connectivity index (χ4v) is 2.12.